The van der Waals surface area contributed by atoms with Crippen molar-refractivity contribution in [1.29, 1.82) is 5.26 Å². The number of benzene rings is 1. The van der Waals surface area contributed by atoms with Crippen LogP contribution in [0.15, 0.2) is 41.0 Å². The van der Waals surface area contributed by atoms with Gasteiger partial charge in [0.15, 0.2) is 22.8 Å². The summed E-state index contributed by atoms with van der Waals surface area (Å²) >= 11 is 1.08. The van der Waals surface area contributed by atoms with Gasteiger partial charge in [0.25, 0.3) is 0 Å². The van der Waals surface area contributed by atoms with E-state index in [-0.39, 0.29) is 59.9 Å². The number of phenolic OH excluding ortho intramolecular Hbond substituents is 2. The van der Waals surface area contributed by atoms with Gasteiger partial charge in [-0.05, 0) is 51.8 Å². The summed E-state index contributed by atoms with van der Waals surface area (Å²) in [7, 11) is 0. The molecule has 3 aliphatic carbocycles. The first-order valence-corrected chi connectivity index (χ1v) is 13.1. The minimum absolute atomic E-state index is 0.00143. The van der Waals surface area contributed by atoms with Crippen LogP contribution in [0.25, 0.3) is 0 Å². The molecule has 4 bridgehead atoms. The van der Waals surface area contributed by atoms with Gasteiger partial charge in [-0.15, -0.1) is 0 Å². The van der Waals surface area contributed by atoms with Crippen molar-refractivity contribution in [2.24, 2.45) is 17.8 Å². The number of carbonyl (C=O) groups excluding carboxylic acids is 2. The van der Waals surface area contributed by atoms with Gasteiger partial charge in [0, 0.05) is 41.2 Å². The van der Waals surface area contributed by atoms with E-state index in [0.29, 0.717) is 16.9 Å². The maximum Gasteiger partial charge on any atom is 0.200 e. The predicted molar refractivity (Wildman–Crippen MR) is 135 cm³/mol. The van der Waals surface area contributed by atoms with Crippen molar-refractivity contribution in [3.05, 3.63) is 52.1 Å². The van der Waals surface area contributed by atoms with Crippen molar-refractivity contribution in [2.75, 3.05) is 12.4 Å². The highest BCUT2D eigenvalue weighted by Gasteiger charge is 2.79. The molecule has 5 atom stereocenters. The van der Waals surface area contributed by atoms with E-state index in [1.54, 1.807) is 6.08 Å². The first kappa shape index (κ1) is 24.7. The molecule has 1 saturated carbocycles. The summed E-state index contributed by atoms with van der Waals surface area (Å²) < 4.78 is 13.2. The number of allylic oxidation sites excluding steroid dienone is 4. The molecule has 1 saturated heterocycles. The van der Waals surface area contributed by atoms with Gasteiger partial charge >= 0.3 is 0 Å². The fourth-order valence-electron chi connectivity index (χ4n) is 6.34. The minimum Gasteiger partial charge on any atom is -0.507 e. The summed E-state index contributed by atoms with van der Waals surface area (Å²) in [5.41, 5.74) is -0.0765. The van der Waals surface area contributed by atoms with Crippen molar-refractivity contribution in [3.8, 4) is 22.6 Å². The molecule has 1 spiro atoms. The monoisotopic (exact) mass is 507 g/mol. The van der Waals surface area contributed by atoms with E-state index in [1.807, 2.05) is 39.8 Å². The summed E-state index contributed by atoms with van der Waals surface area (Å²) in [5.74, 6) is -1.76. The normalized spacial score (nSPS) is 31.1. The number of fused-ring (bicyclic) bond motifs is 1. The zero-order valence-electron chi connectivity index (χ0n) is 20.8. The fourth-order valence-corrected chi connectivity index (χ4v) is 7.05. The second kappa shape index (κ2) is 8.53. The highest BCUT2D eigenvalue weighted by molar-refractivity contribution is 8.03. The number of carbonyl (C=O) groups is 2. The van der Waals surface area contributed by atoms with Crippen LogP contribution in [-0.2, 0) is 16.0 Å². The number of Topliss-reactive ketones (excluding diaryl/α,β-unsaturated/α-hetero) is 2. The van der Waals surface area contributed by atoms with Gasteiger partial charge in [-0.25, -0.2) is 0 Å². The van der Waals surface area contributed by atoms with Gasteiger partial charge in [-0.1, -0.05) is 29.4 Å². The van der Waals surface area contributed by atoms with E-state index >= 15 is 0 Å². The van der Waals surface area contributed by atoms with Crippen LogP contribution >= 0.6 is 11.8 Å². The van der Waals surface area contributed by atoms with Gasteiger partial charge in [0.05, 0.1) is 6.61 Å². The quantitative estimate of drug-likeness (QED) is 0.423. The van der Waals surface area contributed by atoms with E-state index < -0.39 is 22.9 Å². The molecule has 1 aromatic carbocycles. The molecule has 2 N–H and O–H groups in total. The number of ketones is 2. The van der Waals surface area contributed by atoms with Crippen LogP contribution in [0, 0.1) is 28.4 Å². The Balaban J connectivity index is 1.78. The second-order valence-corrected chi connectivity index (χ2v) is 11.3. The average molecular weight is 508 g/mol. The summed E-state index contributed by atoms with van der Waals surface area (Å²) in [6.07, 6.45) is 6.05. The van der Waals surface area contributed by atoms with Crippen molar-refractivity contribution in [3.63, 3.8) is 0 Å². The summed E-state index contributed by atoms with van der Waals surface area (Å²) in [5, 5.41) is 32.8. The Kier molecular flexibility index (Phi) is 5.85. The zero-order valence-corrected chi connectivity index (χ0v) is 21.6. The Morgan fingerprint density at radius 1 is 1.19 bits per heavy atom. The topological polar surface area (TPSA) is 117 Å². The van der Waals surface area contributed by atoms with E-state index in [1.165, 1.54) is 6.07 Å². The molecule has 5 aliphatic rings. The highest BCUT2D eigenvalue weighted by atomic mass is 32.2. The van der Waals surface area contributed by atoms with Gasteiger partial charge in [0.2, 0.25) is 0 Å². The number of hydrogen-bond donors (Lipinski definition) is 2. The number of rotatable bonds is 6. The van der Waals surface area contributed by atoms with Crippen molar-refractivity contribution in [1.82, 2.24) is 0 Å². The molecular weight excluding hydrogens is 478 g/mol. The number of nitriles is 1. The number of thiocyanates is 1. The average Bonchev–Trinajstić information content (AvgIpc) is 3.09. The lowest BCUT2D eigenvalue weighted by molar-refractivity contribution is -0.169. The van der Waals surface area contributed by atoms with Crippen molar-refractivity contribution in [2.45, 2.75) is 51.7 Å². The molecule has 2 fully saturated rings. The van der Waals surface area contributed by atoms with E-state index in [4.69, 9.17) is 9.47 Å². The van der Waals surface area contributed by atoms with E-state index in [0.717, 1.165) is 22.9 Å². The zero-order chi connectivity index (χ0) is 26.0. The number of hydrogen-bond acceptors (Lipinski definition) is 8. The van der Waals surface area contributed by atoms with E-state index in [2.05, 4.69) is 5.40 Å². The van der Waals surface area contributed by atoms with Crippen LogP contribution in [-0.4, -0.2) is 45.3 Å². The Hall–Kier alpha value is -3.02. The molecule has 2 aliphatic heterocycles. The van der Waals surface area contributed by atoms with Crippen LogP contribution in [0.5, 0.6) is 17.2 Å². The Morgan fingerprint density at radius 3 is 2.58 bits per heavy atom. The second-order valence-electron chi connectivity index (χ2n) is 10.5. The lowest BCUT2D eigenvalue weighted by atomic mass is 9.49. The first-order valence-electron chi connectivity index (χ1n) is 12.1. The number of phenols is 2. The lowest BCUT2D eigenvalue weighted by Crippen LogP contribution is -2.74. The van der Waals surface area contributed by atoms with Gasteiger partial charge in [0.1, 0.15) is 28.2 Å². The highest BCUT2D eigenvalue weighted by Crippen LogP contribution is 2.66. The molecule has 1 aromatic rings. The molecular formula is C28H29NO6S. The van der Waals surface area contributed by atoms with Crippen molar-refractivity contribution < 1.29 is 29.3 Å². The van der Waals surface area contributed by atoms with Crippen LogP contribution in [0.2, 0.25) is 0 Å². The summed E-state index contributed by atoms with van der Waals surface area (Å²) in [6, 6.07) is 1.18. The molecule has 188 valence electrons. The third-order valence-electron chi connectivity index (χ3n) is 7.98. The van der Waals surface area contributed by atoms with Crippen LogP contribution in [0.4, 0.5) is 0 Å². The Bertz CT molecular complexity index is 1310. The van der Waals surface area contributed by atoms with Gasteiger partial charge < -0.3 is 19.7 Å². The number of ether oxygens (including phenoxy) is 2. The largest absolute Gasteiger partial charge is 0.507 e. The maximum atomic E-state index is 14.1. The number of nitrogens with zero attached hydrogens (tertiary/aromatic N) is 1. The van der Waals surface area contributed by atoms with Crippen LogP contribution in [0.3, 0.4) is 0 Å². The smallest absolute Gasteiger partial charge is 0.200 e. The molecule has 6 rings (SSSR count). The summed E-state index contributed by atoms with van der Waals surface area (Å²) in [4.78, 5) is 28.1. The third-order valence-corrected chi connectivity index (χ3v) is 8.66. The van der Waals surface area contributed by atoms with Crippen LogP contribution < -0.4 is 4.74 Å². The summed E-state index contributed by atoms with van der Waals surface area (Å²) in [6.45, 7) is 7.94. The molecule has 36 heavy (non-hydrogen) atoms. The van der Waals surface area contributed by atoms with Gasteiger partial charge in [-0.3, -0.25) is 9.59 Å². The minimum atomic E-state index is -1.41. The molecule has 5 unspecified atom stereocenters. The number of aromatic hydroxyl groups is 2. The standard InChI is InChI=1S/C28H29NO6S/c1-14(2)5-6-16-21(30)10-22(31)23-24(32)19-9-17-18(12-36-13-29)20-11-34-27(26(17)33,8-7-15(3)4)28(19,20)35-25(16)23/h5,7,9-10,17-18,20,30-31H,6,8,11-12H2,1-4H3. The molecule has 7 nitrogen and oxygen atoms in total. The van der Waals surface area contributed by atoms with Crippen LogP contribution in [0.1, 0.15) is 50.0 Å². The molecule has 8 heteroatoms. The third kappa shape index (κ3) is 3.15. The molecule has 0 amide bonds. The molecule has 2 heterocycles. The Morgan fingerprint density at radius 2 is 1.92 bits per heavy atom. The molecule has 0 aromatic heterocycles. The lowest BCUT2D eigenvalue weighted by Gasteiger charge is -2.58. The van der Waals surface area contributed by atoms with Gasteiger partial charge in [-0.2, -0.15) is 5.26 Å². The first-order chi connectivity index (χ1) is 17.1. The number of thioether (sulfide) groups is 1. The maximum absolute atomic E-state index is 14.1. The van der Waals surface area contributed by atoms with E-state index in [9.17, 15) is 25.1 Å². The Labute approximate surface area is 214 Å². The predicted octanol–water partition coefficient (Wildman–Crippen LogP) is 4.63. The van der Waals surface area contributed by atoms with Crippen molar-refractivity contribution >= 4 is 23.3 Å². The SMILES string of the molecule is CC(C)=CCc1c(O)cc(O)c2c1OC13C(=CC4C(=O)C1(CC=C(C)C)OCC3C4CSC#N)C2=O. The molecule has 0 radical (unpaired) electrons. The fraction of sp³-hybridized carbons (Fsp3) is 0.464.